The number of halogens is 2. The monoisotopic (exact) mass is 313 g/mol. The summed E-state index contributed by atoms with van der Waals surface area (Å²) in [5, 5.41) is 0.485. The minimum absolute atomic E-state index is 0.262. The minimum Gasteiger partial charge on any atom is -0.328 e. The van der Waals surface area contributed by atoms with Gasteiger partial charge < -0.3 is 4.57 Å². The van der Waals surface area contributed by atoms with Crippen molar-refractivity contribution in [2.75, 3.05) is 0 Å². The highest BCUT2D eigenvalue weighted by atomic mass is 35.5. The van der Waals surface area contributed by atoms with Crippen LogP contribution in [0.1, 0.15) is 49.9 Å². The van der Waals surface area contributed by atoms with Gasteiger partial charge in [-0.1, -0.05) is 24.9 Å². The molecule has 1 rings (SSSR count). The van der Waals surface area contributed by atoms with E-state index in [9.17, 15) is 9.18 Å². The van der Waals surface area contributed by atoms with Gasteiger partial charge in [0.15, 0.2) is 6.29 Å². The van der Waals surface area contributed by atoms with Crippen LogP contribution in [-0.4, -0.2) is 27.7 Å². The Hall–Kier alpha value is -1.49. The van der Waals surface area contributed by atoms with Crippen molar-refractivity contribution < 1.29 is 9.18 Å². The maximum atomic E-state index is 13.7. The lowest BCUT2D eigenvalue weighted by Gasteiger charge is -2.10. The van der Waals surface area contributed by atoms with Crippen molar-refractivity contribution in [2.45, 2.75) is 52.8 Å². The van der Waals surface area contributed by atoms with Gasteiger partial charge in [0.1, 0.15) is 17.7 Å². The number of imidazole rings is 1. The van der Waals surface area contributed by atoms with E-state index in [0.29, 0.717) is 22.7 Å². The van der Waals surface area contributed by atoms with Crippen LogP contribution in [0.5, 0.6) is 0 Å². The van der Waals surface area contributed by atoms with Crippen LogP contribution in [0.4, 0.5) is 4.39 Å². The molecule has 0 saturated heterocycles. The lowest BCUT2D eigenvalue weighted by molar-refractivity contribution is 0.111. The summed E-state index contributed by atoms with van der Waals surface area (Å²) < 4.78 is 15.5. The molecule has 0 spiro atoms. The Morgan fingerprint density at radius 2 is 2.33 bits per heavy atom. The van der Waals surface area contributed by atoms with Crippen LogP contribution >= 0.6 is 11.6 Å². The number of allylic oxidation sites excluding steroid dienone is 1. The predicted octanol–water partition coefficient (Wildman–Crippen LogP) is 3.94. The fourth-order valence-electron chi connectivity index (χ4n) is 1.82. The molecule has 0 amide bonds. The average molecular weight is 314 g/mol. The number of unbranched alkanes of at least 4 members (excludes halogenated alkanes) is 1. The molecule has 0 aromatic carbocycles. The highest BCUT2D eigenvalue weighted by molar-refractivity contribution is 6.29. The quantitative estimate of drug-likeness (QED) is 0.539. The Morgan fingerprint density at radius 3 is 2.86 bits per heavy atom. The van der Waals surface area contributed by atoms with Crippen LogP contribution in [0, 0.1) is 0 Å². The summed E-state index contributed by atoms with van der Waals surface area (Å²) in [7, 11) is 0. The summed E-state index contributed by atoms with van der Waals surface area (Å²) in [6.45, 7) is 5.45. The number of carbonyl (C=O) groups excluding carboxylic acids is 1. The number of hydrogen-bond donors (Lipinski definition) is 0. The van der Waals surface area contributed by atoms with Crippen molar-refractivity contribution in [3.8, 4) is 0 Å². The van der Waals surface area contributed by atoms with E-state index in [2.05, 4.69) is 16.9 Å². The molecule has 0 fully saturated rings. The topological polar surface area (TPSA) is 47.2 Å². The van der Waals surface area contributed by atoms with Gasteiger partial charge in [-0.3, -0.25) is 9.79 Å². The zero-order valence-electron chi connectivity index (χ0n) is 12.6. The van der Waals surface area contributed by atoms with E-state index in [-0.39, 0.29) is 6.54 Å². The number of nitrogens with zero attached hydrogens (tertiary/aromatic N) is 3. The molecule has 0 aliphatic carbocycles. The third-order valence-corrected chi connectivity index (χ3v) is 3.05. The van der Waals surface area contributed by atoms with Crippen LogP contribution in [0.3, 0.4) is 0 Å². The van der Waals surface area contributed by atoms with Crippen LogP contribution in [-0.2, 0) is 13.0 Å². The molecule has 1 atom stereocenters. The lowest BCUT2D eigenvalue weighted by Crippen LogP contribution is -2.20. The van der Waals surface area contributed by atoms with Crippen molar-refractivity contribution in [2.24, 2.45) is 4.99 Å². The number of aldehydes is 1. The second-order valence-electron chi connectivity index (χ2n) is 4.88. The summed E-state index contributed by atoms with van der Waals surface area (Å²) in [4.78, 5) is 19.2. The van der Waals surface area contributed by atoms with Crippen molar-refractivity contribution in [3.05, 3.63) is 28.9 Å². The van der Waals surface area contributed by atoms with E-state index in [4.69, 9.17) is 11.6 Å². The van der Waals surface area contributed by atoms with E-state index in [0.717, 1.165) is 25.1 Å². The Balaban J connectivity index is 3.02. The molecule has 0 aliphatic heterocycles. The predicted molar refractivity (Wildman–Crippen MR) is 83.8 cm³/mol. The molecule has 0 aliphatic rings. The molecule has 0 saturated carbocycles. The Bertz CT molecular complexity index is 531. The summed E-state index contributed by atoms with van der Waals surface area (Å²) in [6, 6.07) is 0. The number of aromatic nitrogens is 2. The van der Waals surface area contributed by atoms with Gasteiger partial charge in [0.25, 0.3) is 0 Å². The van der Waals surface area contributed by atoms with Gasteiger partial charge in [0, 0.05) is 23.8 Å². The van der Waals surface area contributed by atoms with E-state index in [1.165, 1.54) is 13.1 Å². The molecule has 4 nitrogen and oxygen atoms in total. The third kappa shape index (κ3) is 5.79. The number of carbonyl (C=O) groups is 1. The number of aliphatic imine (C=N–C) groups is 1. The average Bonchev–Trinajstić information content (AvgIpc) is 2.82. The van der Waals surface area contributed by atoms with Gasteiger partial charge in [-0.15, -0.1) is 0 Å². The van der Waals surface area contributed by atoms with Crippen LogP contribution in [0.2, 0.25) is 0 Å². The normalized spacial score (nSPS) is 14.3. The number of rotatable bonds is 8. The Kier molecular flexibility index (Phi) is 7.29. The van der Waals surface area contributed by atoms with Crippen LogP contribution in [0.25, 0.3) is 0 Å². The molecule has 1 heterocycles. The van der Waals surface area contributed by atoms with Gasteiger partial charge >= 0.3 is 0 Å². The molecular weight excluding hydrogens is 293 g/mol. The van der Waals surface area contributed by atoms with Gasteiger partial charge in [0.2, 0.25) is 0 Å². The molecule has 1 unspecified atom stereocenters. The van der Waals surface area contributed by atoms with E-state index < -0.39 is 6.17 Å². The van der Waals surface area contributed by atoms with Gasteiger partial charge in [-0.2, -0.15) is 0 Å². The molecule has 1 aromatic heterocycles. The zero-order valence-corrected chi connectivity index (χ0v) is 13.4. The molecular formula is C15H21ClFN3O. The third-order valence-electron chi connectivity index (χ3n) is 2.95. The van der Waals surface area contributed by atoms with E-state index in [1.54, 1.807) is 17.7 Å². The second-order valence-corrected chi connectivity index (χ2v) is 5.48. The summed E-state index contributed by atoms with van der Waals surface area (Å²) >= 11 is 5.72. The summed E-state index contributed by atoms with van der Waals surface area (Å²) in [5.74, 6) is 0.777. The first-order valence-electron chi connectivity index (χ1n) is 7.02. The fourth-order valence-corrected chi connectivity index (χ4v) is 1.87. The Morgan fingerprint density at radius 1 is 1.62 bits per heavy atom. The number of alkyl halides is 1. The summed E-state index contributed by atoms with van der Waals surface area (Å²) in [5.41, 5.74) is 0.707. The molecule has 116 valence electrons. The van der Waals surface area contributed by atoms with Crippen molar-refractivity contribution in [3.63, 3.8) is 0 Å². The van der Waals surface area contributed by atoms with E-state index in [1.807, 2.05) is 0 Å². The largest absolute Gasteiger partial charge is 0.328 e. The van der Waals surface area contributed by atoms with Gasteiger partial charge in [-0.05, 0) is 20.3 Å². The first-order chi connectivity index (χ1) is 9.97. The highest BCUT2D eigenvalue weighted by Gasteiger charge is 2.13. The molecule has 0 radical (unpaired) electrons. The van der Waals surface area contributed by atoms with Crippen LogP contribution in [0.15, 0.2) is 22.4 Å². The minimum atomic E-state index is -1.20. The first kappa shape index (κ1) is 17.6. The standard InChI is InChI=1S/C15H21ClFN3O/c1-4-5-6-15-19-13(10-21)8-20(15)9-14(12(3)17)18-7-11(2)16/h7-8,10,12H,4-6,9H2,1-3H3/b11-7+,18-14?. The first-order valence-corrected chi connectivity index (χ1v) is 7.39. The molecule has 0 N–H and O–H groups in total. The van der Waals surface area contributed by atoms with E-state index >= 15 is 0 Å². The maximum Gasteiger partial charge on any atom is 0.170 e. The van der Waals surface area contributed by atoms with Gasteiger partial charge in [-0.25, -0.2) is 9.37 Å². The maximum absolute atomic E-state index is 13.7. The lowest BCUT2D eigenvalue weighted by atomic mass is 10.2. The SMILES string of the molecule is CCCCc1nc(C=O)cn1CC(=N/C=C(\C)Cl)C(C)F. The van der Waals surface area contributed by atoms with Crippen molar-refractivity contribution in [1.29, 1.82) is 0 Å². The number of hydrogen-bond acceptors (Lipinski definition) is 3. The van der Waals surface area contributed by atoms with Crippen molar-refractivity contribution >= 4 is 23.6 Å². The Labute approximate surface area is 129 Å². The highest BCUT2D eigenvalue weighted by Crippen LogP contribution is 2.10. The van der Waals surface area contributed by atoms with Crippen LogP contribution < -0.4 is 0 Å². The zero-order chi connectivity index (χ0) is 15.8. The molecule has 21 heavy (non-hydrogen) atoms. The smallest absolute Gasteiger partial charge is 0.170 e. The summed E-state index contributed by atoms with van der Waals surface area (Å²) in [6.07, 6.45) is 5.31. The second kappa shape index (κ2) is 8.72. The molecule has 6 heteroatoms. The fraction of sp³-hybridized carbons (Fsp3) is 0.533. The molecule has 1 aromatic rings. The van der Waals surface area contributed by atoms with Crippen molar-refractivity contribution in [1.82, 2.24) is 9.55 Å². The molecule has 0 bridgehead atoms. The number of aryl methyl sites for hydroxylation is 1. The van der Waals surface area contributed by atoms with Gasteiger partial charge in [0.05, 0.1) is 12.3 Å².